The molecule has 0 spiro atoms. The van der Waals surface area contributed by atoms with Crippen molar-refractivity contribution in [2.24, 2.45) is 0 Å². The van der Waals surface area contributed by atoms with Crippen molar-refractivity contribution in [3.8, 4) is 0 Å². The Hall–Kier alpha value is -2.39. The molecule has 4 rings (SSSR count). The molecule has 0 atom stereocenters. The van der Waals surface area contributed by atoms with Gasteiger partial charge in [0.25, 0.3) is 0 Å². The molecule has 0 radical (unpaired) electrons. The fourth-order valence-corrected chi connectivity index (χ4v) is 3.55. The summed E-state index contributed by atoms with van der Waals surface area (Å²) in [5.41, 5.74) is 2.16. The summed E-state index contributed by atoms with van der Waals surface area (Å²) in [6.45, 7) is 0. The summed E-state index contributed by atoms with van der Waals surface area (Å²) in [6.07, 6.45) is 3.58. The molecule has 2 aromatic carbocycles. The van der Waals surface area contributed by atoms with Crippen molar-refractivity contribution >= 4 is 42.9 Å². The summed E-state index contributed by atoms with van der Waals surface area (Å²) in [5.74, 6) is 0. The van der Waals surface area contributed by atoms with Crippen LogP contribution in [0, 0.1) is 0 Å². The van der Waals surface area contributed by atoms with Crippen LogP contribution in [0.3, 0.4) is 0 Å². The standard InChI is InChI=1S/C17H12N2S/c1-2-4-16-14(3-1)15-6-5-13(11-17(15)20-16)19-12-7-9-18-10-8-12/h1-11H,(H,18,19). The van der Waals surface area contributed by atoms with Crippen LogP contribution in [0.2, 0.25) is 0 Å². The van der Waals surface area contributed by atoms with Crippen molar-refractivity contribution in [3.05, 3.63) is 67.0 Å². The van der Waals surface area contributed by atoms with Crippen LogP contribution in [0.25, 0.3) is 20.2 Å². The molecule has 1 N–H and O–H groups in total. The zero-order valence-corrected chi connectivity index (χ0v) is 11.5. The van der Waals surface area contributed by atoms with E-state index in [-0.39, 0.29) is 0 Å². The lowest BCUT2D eigenvalue weighted by atomic mass is 10.1. The largest absolute Gasteiger partial charge is 0.355 e. The first kappa shape index (κ1) is 11.4. The van der Waals surface area contributed by atoms with E-state index in [1.807, 2.05) is 23.5 Å². The molecular formula is C17H12N2S. The molecule has 0 bridgehead atoms. The number of rotatable bonds is 2. The van der Waals surface area contributed by atoms with Gasteiger partial charge in [-0.05, 0) is 30.3 Å². The number of thiophene rings is 1. The minimum atomic E-state index is 1.06. The maximum absolute atomic E-state index is 4.03. The smallest absolute Gasteiger partial charge is 0.0415 e. The first-order valence-corrected chi connectivity index (χ1v) is 7.30. The maximum Gasteiger partial charge on any atom is 0.0415 e. The fraction of sp³-hybridized carbons (Fsp3) is 0. The van der Waals surface area contributed by atoms with E-state index < -0.39 is 0 Å². The van der Waals surface area contributed by atoms with Gasteiger partial charge in [-0.2, -0.15) is 0 Å². The molecule has 4 aromatic rings. The Morgan fingerprint density at radius 1 is 0.750 bits per heavy atom. The number of nitrogens with one attached hydrogen (secondary N) is 1. The van der Waals surface area contributed by atoms with Gasteiger partial charge in [0.05, 0.1) is 0 Å². The maximum atomic E-state index is 4.03. The Bertz CT molecular complexity index is 881. The van der Waals surface area contributed by atoms with Crippen LogP contribution >= 0.6 is 11.3 Å². The van der Waals surface area contributed by atoms with E-state index in [1.54, 1.807) is 12.4 Å². The Balaban J connectivity index is 1.81. The summed E-state index contributed by atoms with van der Waals surface area (Å²) < 4.78 is 2.65. The Morgan fingerprint density at radius 3 is 2.45 bits per heavy atom. The van der Waals surface area contributed by atoms with Gasteiger partial charge in [-0.15, -0.1) is 11.3 Å². The monoisotopic (exact) mass is 276 g/mol. The number of hydrogen-bond donors (Lipinski definition) is 1. The summed E-state index contributed by atoms with van der Waals surface area (Å²) in [6, 6.07) is 19.0. The zero-order chi connectivity index (χ0) is 13.4. The van der Waals surface area contributed by atoms with Crippen LogP contribution in [0.1, 0.15) is 0 Å². The van der Waals surface area contributed by atoms with E-state index in [4.69, 9.17) is 0 Å². The highest BCUT2D eigenvalue weighted by atomic mass is 32.1. The van der Waals surface area contributed by atoms with Crippen molar-refractivity contribution < 1.29 is 0 Å². The van der Waals surface area contributed by atoms with Crippen LogP contribution in [-0.4, -0.2) is 4.98 Å². The molecule has 0 aliphatic heterocycles. The summed E-state index contributed by atoms with van der Waals surface area (Å²) >= 11 is 1.83. The van der Waals surface area contributed by atoms with E-state index in [0.717, 1.165) is 11.4 Å². The molecule has 2 nitrogen and oxygen atoms in total. The third-order valence-corrected chi connectivity index (χ3v) is 4.48. The molecule has 3 heteroatoms. The van der Waals surface area contributed by atoms with Gasteiger partial charge in [-0.1, -0.05) is 24.3 Å². The molecule has 2 heterocycles. The third kappa shape index (κ3) is 1.92. The molecule has 0 aliphatic rings. The Kier molecular flexibility index (Phi) is 2.64. The van der Waals surface area contributed by atoms with Gasteiger partial charge in [-0.25, -0.2) is 0 Å². The zero-order valence-electron chi connectivity index (χ0n) is 10.7. The van der Waals surface area contributed by atoms with Crippen LogP contribution in [0.4, 0.5) is 11.4 Å². The van der Waals surface area contributed by atoms with Gasteiger partial charge in [0.1, 0.15) is 0 Å². The Morgan fingerprint density at radius 2 is 1.55 bits per heavy atom. The molecule has 2 aromatic heterocycles. The van der Waals surface area contributed by atoms with E-state index in [2.05, 4.69) is 52.8 Å². The van der Waals surface area contributed by atoms with Crippen molar-refractivity contribution in [2.45, 2.75) is 0 Å². The molecule has 0 saturated heterocycles. The number of anilines is 2. The third-order valence-electron chi connectivity index (χ3n) is 3.35. The Labute approximate surface area is 120 Å². The second kappa shape index (κ2) is 4.62. The van der Waals surface area contributed by atoms with E-state index in [0.29, 0.717) is 0 Å². The number of fused-ring (bicyclic) bond motifs is 3. The quantitative estimate of drug-likeness (QED) is 0.544. The van der Waals surface area contributed by atoms with E-state index in [1.165, 1.54) is 20.2 Å². The van der Waals surface area contributed by atoms with Gasteiger partial charge in [0, 0.05) is 43.9 Å². The number of nitrogens with zero attached hydrogens (tertiary/aromatic N) is 1. The molecule has 0 amide bonds. The van der Waals surface area contributed by atoms with Crippen molar-refractivity contribution in [1.82, 2.24) is 4.98 Å². The fourth-order valence-electron chi connectivity index (χ4n) is 2.41. The molecular weight excluding hydrogens is 264 g/mol. The van der Waals surface area contributed by atoms with Crippen molar-refractivity contribution in [1.29, 1.82) is 0 Å². The normalized spacial score (nSPS) is 11.0. The predicted octanol–water partition coefficient (Wildman–Crippen LogP) is 5.19. The average molecular weight is 276 g/mol. The average Bonchev–Trinajstić information content (AvgIpc) is 2.86. The van der Waals surface area contributed by atoms with Crippen LogP contribution in [-0.2, 0) is 0 Å². The summed E-state index contributed by atoms with van der Waals surface area (Å²) in [7, 11) is 0. The number of aromatic nitrogens is 1. The second-order valence-electron chi connectivity index (χ2n) is 4.67. The van der Waals surface area contributed by atoms with Gasteiger partial charge >= 0.3 is 0 Å². The predicted molar refractivity (Wildman–Crippen MR) is 86.9 cm³/mol. The highest BCUT2D eigenvalue weighted by molar-refractivity contribution is 7.25. The minimum absolute atomic E-state index is 1.06. The van der Waals surface area contributed by atoms with Gasteiger partial charge in [0.2, 0.25) is 0 Å². The topological polar surface area (TPSA) is 24.9 Å². The lowest BCUT2D eigenvalue weighted by Crippen LogP contribution is -1.89. The number of hydrogen-bond acceptors (Lipinski definition) is 3. The van der Waals surface area contributed by atoms with Crippen molar-refractivity contribution in [3.63, 3.8) is 0 Å². The molecule has 0 aliphatic carbocycles. The first-order valence-electron chi connectivity index (χ1n) is 6.48. The molecule has 0 fully saturated rings. The van der Waals surface area contributed by atoms with Gasteiger partial charge < -0.3 is 5.32 Å². The summed E-state index contributed by atoms with van der Waals surface area (Å²) in [4.78, 5) is 4.03. The molecule has 0 unspecified atom stereocenters. The molecule has 20 heavy (non-hydrogen) atoms. The van der Waals surface area contributed by atoms with E-state index in [9.17, 15) is 0 Å². The van der Waals surface area contributed by atoms with Crippen molar-refractivity contribution in [2.75, 3.05) is 5.32 Å². The van der Waals surface area contributed by atoms with Gasteiger partial charge in [-0.3, -0.25) is 4.98 Å². The lowest BCUT2D eigenvalue weighted by molar-refractivity contribution is 1.33. The number of pyridine rings is 1. The van der Waals surface area contributed by atoms with Gasteiger partial charge in [0.15, 0.2) is 0 Å². The minimum Gasteiger partial charge on any atom is -0.355 e. The lowest BCUT2D eigenvalue weighted by Gasteiger charge is -2.05. The van der Waals surface area contributed by atoms with Crippen LogP contribution < -0.4 is 5.32 Å². The van der Waals surface area contributed by atoms with E-state index >= 15 is 0 Å². The SMILES string of the molecule is c1ccc2c(c1)sc1cc(Nc3ccncc3)ccc12. The highest BCUT2D eigenvalue weighted by Gasteiger charge is 2.05. The van der Waals surface area contributed by atoms with Crippen LogP contribution in [0.15, 0.2) is 67.0 Å². The number of benzene rings is 2. The van der Waals surface area contributed by atoms with Crippen LogP contribution in [0.5, 0.6) is 0 Å². The molecule has 0 saturated carbocycles. The second-order valence-corrected chi connectivity index (χ2v) is 5.75. The highest BCUT2D eigenvalue weighted by Crippen LogP contribution is 2.35. The molecule has 96 valence electrons. The first-order chi connectivity index (χ1) is 9.90. The summed E-state index contributed by atoms with van der Waals surface area (Å²) in [5, 5.41) is 6.07.